The molecule has 0 spiro atoms. The second kappa shape index (κ2) is 15.3. The van der Waals surface area contributed by atoms with Crippen molar-refractivity contribution in [2.24, 2.45) is 5.92 Å². The molecule has 0 aliphatic carbocycles. The highest BCUT2D eigenvalue weighted by atomic mass is 31.2. The summed E-state index contributed by atoms with van der Waals surface area (Å²) in [6.07, 6.45) is 5.34. The summed E-state index contributed by atoms with van der Waals surface area (Å²) in [4.78, 5) is 14.9. The Bertz CT molecular complexity index is 883. The summed E-state index contributed by atoms with van der Waals surface area (Å²) >= 11 is 0. The highest BCUT2D eigenvalue weighted by Gasteiger charge is 2.50. The van der Waals surface area contributed by atoms with Crippen LogP contribution in [0.5, 0.6) is 0 Å². The van der Waals surface area contributed by atoms with Crippen molar-refractivity contribution in [2.45, 2.75) is 52.4 Å². The molecule has 204 valence electrons. The van der Waals surface area contributed by atoms with E-state index in [9.17, 15) is 18.3 Å². The zero-order valence-electron chi connectivity index (χ0n) is 21.8. The molecule has 1 aliphatic heterocycles. The summed E-state index contributed by atoms with van der Waals surface area (Å²) in [7, 11) is -7.55. The molecule has 0 amide bonds. The van der Waals surface area contributed by atoms with Crippen molar-refractivity contribution in [3.63, 3.8) is 0 Å². The number of likely N-dealkylation sites (tertiary alicyclic amines) is 1. The third kappa shape index (κ3) is 8.70. The number of ketones is 1. The predicted octanol–water partition coefficient (Wildman–Crippen LogP) is 6.53. The van der Waals surface area contributed by atoms with E-state index in [4.69, 9.17) is 18.1 Å². The lowest BCUT2D eigenvalue weighted by atomic mass is 9.89. The van der Waals surface area contributed by atoms with E-state index < -0.39 is 20.6 Å². The maximum absolute atomic E-state index is 13.6. The molecule has 1 fully saturated rings. The number of rotatable bonds is 16. The van der Waals surface area contributed by atoms with E-state index in [1.54, 1.807) is 27.7 Å². The second-order valence-electron chi connectivity index (χ2n) is 8.38. The average Bonchev–Trinajstić information content (AvgIpc) is 2.85. The van der Waals surface area contributed by atoms with Crippen molar-refractivity contribution >= 4 is 21.0 Å². The molecule has 36 heavy (non-hydrogen) atoms. The highest BCUT2D eigenvalue weighted by molar-refractivity contribution is 7.72. The normalized spacial score (nSPS) is 16.3. The van der Waals surface area contributed by atoms with E-state index >= 15 is 0 Å². The fourth-order valence-electron chi connectivity index (χ4n) is 4.24. The minimum absolute atomic E-state index is 0.0539. The van der Waals surface area contributed by atoms with E-state index in [2.05, 4.69) is 4.90 Å². The lowest BCUT2D eigenvalue weighted by molar-refractivity contribution is 0.0848. The molecule has 1 aliphatic rings. The highest BCUT2D eigenvalue weighted by Crippen LogP contribution is 2.71. The number of nitrogens with zero attached hydrogens (tertiary/aromatic N) is 1. The SMILES string of the molecule is CCOP(=O)(OCC)C(CC=CCN1CCC(C(=O)c2ccc(F)cc2)CC1)P(=O)(OCC)OCC. The molecule has 8 nitrogen and oxygen atoms in total. The molecule has 1 aromatic rings. The maximum Gasteiger partial charge on any atom is 0.346 e. The van der Waals surface area contributed by atoms with Crippen LogP contribution in [0.25, 0.3) is 0 Å². The zero-order chi connectivity index (χ0) is 26.6. The minimum Gasteiger partial charge on any atom is -0.308 e. The van der Waals surface area contributed by atoms with Crippen LogP contribution in [0.4, 0.5) is 4.39 Å². The standard InChI is InChI=1S/C25H40FNO7P2/c1-5-31-35(29,32-6-2)24(36(30,33-7-3)34-8-4)11-9-10-18-27-19-16-22(17-20-27)25(28)21-12-14-23(26)15-13-21/h9-10,12-15,22,24H,5-8,11,16-20H2,1-4H3. The Kier molecular flexibility index (Phi) is 13.2. The van der Waals surface area contributed by atoms with Gasteiger partial charge in [-0.25, -0.2) is 4.39 Å². The average molecular weight is 548 g/mol. The van der Waals surface area contributed by atoms with E-state index in [-0.39, 0.29) is 50.4 Å². The molecule has 1 saturated heterocycles. The maximum atomic E-state index is 13.6. The summed E-state index contributed by atoms with van der Waals surface area (Å²) in [6, 6.07) is 5.70. The molecule has 0 unspecified atom stereocenters. The van der Waals surface area contributed by atoms with Crippen molar-refractivity contribution in [1.29, 1.82) is 0 Å². The Labute approximate surface area is 214 Å². The number of hydrogen-bond acceptors (Lipinski definition) is 8. The largest absolute Gasteiger partial charge is 0.346 e. The molecule has 0 aromatic heterocycles. The molecule has 0 bridgehead atoms. The zero-order valence-corrected chi connectivity index (χ0v) is 23.6. The number of allylic oxidation sites excluding steroid dienone is 1. The second-order valence-corrected chi connectivity index (χ2v) is 13.2. The number of piperidine rings is 1. The van der Waals surface area contributed by atoms with Gasteiger partial charge in [0.15, 0.2) is 11.2 Å². The molecule has 2 rings (SSSR count). The monoisotopic (exact) mass is 547 g/mol. The van der Waals surface area contributed by atoms with E-state index in [1.807, 2.05) is 12.2 Å². The van der Waals surface area contributed by atoms with Crippen LogP contribution in [0.2, 0.25) is 0 Å². The van der Waals surface area contributed by atoms with Crippen LogP contribution in [0.1, 0.15) is 57.3 Å². The summed E-state index contributed by atoms with van der Waals surface area (Å²) in [5.41, 5.74) is 0.543. The number of hydrogen-bond donors (Lipinski definition) is 0. The van der Waals surface area contributed by atoms with Gasteiger partial charge in [-0.2, -0.15) is 0 Å². The van der Waals surface area contributed by atoms with Gasteiger partial charge in [-0.15, -0.1) is 0 Å². The predicted molar refractivity (Wildman–Crippen MR) is 139 cm³/mol. The van der Waals surface area contributed by atoms with E-state index in [0.717, 1.165) is 25.9 Å². The third-order valence-corrected chi connectivity index (χ3v) is 12.0. The first kappa shape index (κ1) is 31.0. The van der Waals surface area contributed by atoms with Gasteiger partial charge >= 0.3 is 15.2 Å². The van der Waals surface area contributed by atoms with Gasteiger partial charge in [0, 0.05) is 18.0 Å². The molecule has 11 heteroatoms. The Hall–Kier alpha value is -1.18. The van der Waals surface area contributed by atoms with Gasteiger partial charge in [0.2, 0.25) is 0 Å². The van der Waals surface area contributed by atoms with Crippen LogP contribution >= 0.6 is 15.2 Å². The summed E-state index contributed by atoms with van der Waals surface area (Å²) in [6.45, 7) is 9.50. The molecule has 0 saturated carbocycles. The van der Waals surface area contributed by atoms with Crippen molar-refractivity contribution in [3.8, 4) is 0 Å². The quantitative estimate of drug-likeness (QED) is 0.131. The fourth-order valence-corrected chi connectivity index (χ4v) is 9.46. The Morgan fingerprint density at radius 3 is 1.83 bits per heavy atom. The fraction of sp³-hybridized carbons (Fsp3) is 0.640. The van der Waals surface area contributed by atoms with Crippen LogP contribution in [0, 0.1) is 11.7 Å². The number of benzene rings is 1. The Morgan fingerprint density at radius 1 is 0.917 bits per heavy atom. The van der Waals surface area contributed by atoms with Gasteiger partial charge in [0.1, 0.15) is 5.82 Å². The minimum atomic E-state index is -3.77. The van der Waals surface area contributed by atoms with Crippen LogP contribution in [-0.2, 0) is 27.2 Å². The lowest BCUT2D eigenvalue weighted by Gasteiger charge is -2.31. The Morgan fingerprint density at radius 2 is 1.39 bits per heavy atom. The van der Waals surface area contributed by atoms with Gasteiger partial charge in [-0.3, -0.25) is 18.8 Å². The Balaban J connectivity index is 2.01. The van der Waals surface area contributed by atoms with Crippen molar-refractivity contribution in [1.82, 2.24) is 4.90 Å². The summed E-state index contributed by atoms with van der Waals surface area (Å²) in [5, 5.41) is -1.07. The van der Waals surface area contributed by atoms with Crippen LogP contribution in [-0.4, -0.2) is 62.1 Å². The number of halogens is 1. The number of carbonyl (C=O) groups is 1. The lowest BCUT2D eigenvalue weighted by Crippen LogP contribution is -2.36. The molecular formula is C25H40FNO7P2. The van der Waals surface area contributed by atoms with Gasteiger partial charge in [0.05, 0.1) is 26.4 Å². The van der Waals surface area contributed by atoms with E-state index in [1.165, 1.54) is 24.3 Å². The number of Topliss-reactive ketones (excluding diaryl/α,β-unsaturated/α-hetero) is 1. The molecular weight excluding hydrogens is 507 g/mol. The van der Waals surface area contributed by atoms with Crippen molar-refractivity contribution in [2.75, 3.05) is 46.1 Å². The van der Waals surface area contributed by atoms with E-state index in [0.29, 0.717) is 12.1 Å². The first-order valence-electron chi connectivity index (χ1n) is 12.7. The van der Waals surface area contributed by atoms with Gasteiger partial charge in [0.25, 0.3) is 0 Å². The molecule has 0 radical (unpaired) electrons. The van der Waals surface area contributed by atoms with Gasteiger partial charge in [-0.05, 0) is 84.3 Å². The third-order valence-electron chi connectivity index (χ3n) is 5.93. The van der Waals surface area contributed by atoms with Crippen molar-refractivity contribution in [3.05, 3.63) is 47.8 Å². The first-order valence-corrected chi connectivity index (χ1v) is 15.9. The van der Waals surface area contributed by atoms with Crippen molar-refractivity contribution < 1.29 is 36.4 Å². The topological polar surface area (TPSA) is 91.4 Å². The van der Waals surface area contributed by atoms with Crippen LogP contribution in [0.15, 0.2) is 36.4 Å². The molecule has 1 heterocycles. The van der Waals surface area contributed by atoms with Crippen LogP contribution < -0.4 is 0 Å². The van der Waals surface area contributed by atoms with Gasteiger partial charge < -0.3 is 18.1 Å². The summed E-state index contributed by atoms with van der Waals surface area (Å²) in [5.74, 6) is -0.377. The van der Waals surface area contributed by atoms with Crippen LogP contribution in [0.3, 0.4) is 0 Å². The molecule has 1 aromatic carbocycles. The molecule has 0 atom stereocenters. The number of carbonyl (C=O) groups excluding carboxylic acids is 1. The summed E-state index contributed by atoms with van der Waals surface area (Å²) < 4.78 is 62.3. The smallest absolute Gasteiger partial charge is 0.308 e. The first-order chi connectivity index (χ1) is 17.2. The molecule has 0 N–H and O–H groups in total. The van der Waals surface area contributed by atoms with Gasteiger partial charge in [-0.1, -0.05) is 12.2 Å².